The van der Waals surface area contributed by atoms with E-state index in [1.807, 2.05) is 24.3 Å². The Morgan fingerprint density at radius 1 is 1.25 bits per heavy atom. The minimum absolute atomic E-state index is 0. The summed E-state index contributed by atoms with van der Waals surface area (Å²) in [4.78, 5) is 8.83. The molecule has 1 aromatic carbocycles. The maximum absolute atomic E-state index is 5.81. The number of nitrogens with zero attached hydrogens (tertiary/aromatic N) is 5. The van der Waals surface area contributed by atoms with E-state index in [9.17, 15) is 0 Å². The van der Waals surface area contributed by atoms with Gasteiger partial charge in [0.2, 0.25) is 5.95 Å². The van der Waals surface area contributed by atoms with Gasteiger partial charge in [-0.25, -0.2) is 4.98 Å². The molecule has 2 aromatic heterocycles. The van der Waals surface area contributed by atoms with Crippen LogP contribution in [0.3, 0.4) is 0 Å². The monoisotopic (exact) mass is 347 g/mol. The van der Waals surface area contributed by atoms with E-state index in [0.29, 0.717) is 23.2 Å². The molecule has 2 heterocycles. The Balaban J connectivity index is 0.00000169. The van der Waals surface area contributed by atoms with Crippen LogP contribution < -0.4 is 15.8 Å². The number of rotatable bonds is 4. The third kappa shape index (κ3) is 2.98. The number of fused-ring (bicyclic) bond motifs is 1. The Morgan fingerprint density at radius 2 is 2.00 bits per heavy atom. The van der Waals surface area contributed by atoms with Crippen LogP contribution >= 0.6 is 12.4 Å². The zero-order valence-electron chi connectivity index (χ0n) is 13.1. The summed E-state index contributed by atoms with van der Waals surface area (Å²) in [7, 11) is 1.64. The molecule has 0 aliphatic heterocycles. The van der Waals surface area contributed by atoms with E-state index < -0.39 is 0 Å². The Kier molecular flexibility index (Phi) is 4.50. The van der Waals surface area contributed by atoms with Gasteiger partial charge in [-0.1, -0.05) is 5.21 Å². The molecule has 9 heteroatoms. The average Bonchev–Trinajstić information content (AvgIpc) is 2.97. The van der Waals surface area contributed by atoms with Gasteiger partial charge < -0.3 is 15.8 Å². The quantitative estimate of drug-likeness (QED) is 0.737. The minimum atomic E-state index is 0. The summed E-state index contributed by atoms with van der Waals surface area (Å²) in [6.07, 6.45) is 3.56. The van der Waals surface area contributed by atoms with Crippen LogP contribution in [0.25, 0.3) is 16.9 Å². The molecular weight excluding hydrogens is 330 g/mol. The van der Waals surface area contributed by atoms with Gasteiger partial charge in [0.05, 0.1) is 19.0 Å². The molecule has 1 aliphatic rings. The largest absolute Gasteiger partial charge is 0.497 e. The molecule has 4 rings (SSSR count). The summed E-state index contributed by atoms with van der Waals surface area (Å²) in [6.45, 7) is 0. The topological polar surface area (TPSA) is 104 Å². The summed E-state index contributed by atoms with van der Waals surface area (Å²) in [5, 5.41) is 11.6. The van der Waals surface area contributed by atoms with Gasteiger partial charge in [-0.3, -0.25) is 0 Å². The predicted octanol–water partition coefficient (Wildman–Crippen LogP) is 1.54. The summed E-state index contributed by atoms with van der Waals surface area (Å²) < 4.78 is 6.86. The Morgan fingerprint density at radius 3 is 2.67 bits per heavy atom. The molecule has 0 bridgehead atoms. The fourth-order valence-corrected chi connectivity index (χ4v) is 2.66. The lowest BCUT2D eigenvalue weighted by Gasteiger charge is -2.32. The highest BCUT2D eigenvalue weighted by Gasteiger charge is 2.26. The third-order valence-electron chi connectivity index (χ3n) is 4.02. The molecule has 0 atom stereocenters. The number of halogens is 1. The number of hydrogen-bond acceptors (Lipinski definition) is 7. The first-order chi connectivity index (χ1) is 11.2. The lowest BCUT2D eigenvalue weighted by Crippen LogP contribution is -2.44. The second kappa shape index (κ2) is 6.58. The van der Waals surface area contributed by atoms with E-state index in [-0.39, 0.29) is 18.4 Å². The van der Waals surface area contributed by atoms with Crippen LogP contribution in [0.2, 0.25) is 0 Å². The summed E-state index contributed by atoms with van der Waals surface area (Å²) in [5.41, 5.74) is 7.98. The predicted molar refractivity (Wildman–Crippen MR) is 92.9 cm³/mol. The van der Waals surface area contributed by atoms with E-state index in [2.05, 4.69) is 25.6 Å². The van der Waals surface area contributed by atoms with Crippen LogP contribution in [0.15, 0.2) is 30.5 Å². The number of methoxy groups -OCH3 is 1. The highest BCUT2D eigenvalue weighted by atomic mass is 35.5. The minimum Gasteiger partial charge on any atom is -0.497 e. The molecule has 3 N–H and O–H groups in total. The number of benzene rings is 1. The van der Waals surface area contributed by atoms with E-state index >= 15 is 0 Å². The van der Waals surface area contributed by atoms with Crippen molar-refractivity contribution in [3.8, 4) is 11.4 Å². The Bertz CT molecular complexity index is 829. The second-order valence-corrected chi connectivity index (χ2v) is 5.67. The van der Waals surface area contributed by atoms with Crippen LogP contribution in [-0.4, -0.2) is 44.2 Å². The van der Waals surface area contributed by atoms with Crippen LogP contribution in [0.4, 0.5) is 5.95 Å². The lowest BCUT2D eigenvalue weighted by atomic mass is 9.88. The van der Waals surface area contributed by atoms with E-state index in [1.54, 1.807) is 18.0 Å². The maximum Gasteiger partial charge on any atom is 0.225 e. The molecule has 1 saturated carbocycles. The van der Waals surface area contributed by atoms with Crippen molar-refractivity contribution in [1.82, 2.24) is 25.0 Å². The number of ether oxygens (including phenoxy) is 1. The smallest absolute Gasteiger partial charge is 0.225 e. The molecule has 1 fully saturated rings. The molecule has 3 aromatic rings. The molecule has 126 valence electrons. The van der Waals surface area contributed by atoms with Crippen molar-refractivity contribution < 1.29 is 4.74 Å². The molecule has 8 nitrogen and oxygen atoms in total. The molecule has 24 heavy (non-hydrogen) atoms. The molecular formula is C15H18ClN7O. The van der Waals surface area contributed by atoms with E-state index in [1.165, 1.54) is 0 Å². The van der Waals surface area contributed by atoms with Crippen LogP contribution in [0.1, 0.15) is 12.8 Å². The number of aromatic nitrogens is 5. The van der Waals surface area contributed by atoms with Gasteiger partial charge in [-0.05, 0) is 37.1 Å². The Hall–Kier alpha value is -2.45. The first-order valence-corrected chi connectivity index (χ1v) is 7.48. The normalized spacial score (nSPS) is 19.4. The van der Waals surface area contributed by atoms with Crippen LogP contribution in [0.5, 0.6) is 5.75 Å². The maximum atomic E-state index is 5.81. The lowest BCUT2D eigenvalue weighted by molar-refractivity contribution is 0.372. The SMILES string of the molecule is COc1ccc(-n2nnc3cnc(N[C@H]4C[C@H](N)C4)nc32)cc1.Cl. The first-order valence-electron chi connectivity index (χ1n) is 7.48. The van der Waals surface area contributed by atoms with Crippen LogP contribution in [0, 0.1) is 0 Å². The van der Waals surface area contributed by atoms with Gasteiger partial charge in [-0.2, -0.15) is 9.67 Å². The van der Waals surface area contributed by atoms with Gasteiger partial charge in [0.25, 0.3) is 0 Å². The van der Waals surface area contributed by atoms with Crippen molar-refractivity contribution in [3.05, 3.63) is 30.5 Å². The van der Waals surface area contributed by atoms with E-state index in [0.717, 1.165) is 24.3 Å². The van der Waals surface area contributed by atoms with Crippen molar-refractivity contribution in [2.45, 2.75) is 24.9 Å². The summed E-state index contributed by atoms with van der Waals surface area (Å²) in [6, 6.07) is 8.19. The standard InChI is InChI=1S/C15H17N7O.ClH/c1-23-12-4-2-11(3-5-12)22-14-13(20-21-22)8-17-15(19-14)18-10-6-9(16)7-10;/h2-5,8-10H,6-7,16H2,1H3,(H,17,18,19);1H/t9-,10-;. The van der Waals surface area contributed by atoms with Crippen molar-refractivity contribution in [1.29, 1.82) is 0 Å². The van der Waals surface area contributed by atoms with Crippen molar-refractivity contribution in [2.75, 3.05) is 12.4 Å². The van der Waals surface area contributed by atoms with Gasteiger partial charge in [-0.15, -0.1) is 17.5 Å². The molecule has 0 spiro atoms. The molecule has 0 radical (unpaired) electrons. The van der Waals surface area contributed by atoms with Gasteiger partial charge >= 0.3 is 0 Å². The van der Waals surface area contributed by atoms with Gasteiger partial charge in [0.15, 0.2) is 11.2 Å². The summed E-state index contributed by atoms with van der Waals surface area (Å²) >= 11 is 0. The fraction of sp³-hybridized carbons (Fsp3) is 0.333. The first kappa shape index (κ1) is 16.4. The molecule has 1 aliphatic carbocycles. The van der Waals surface area contributed by atoms with Gasteiger partial charge in [0, 0.05) is 12.1 Å². The molecule has 0 saturated heterocycles. The average molecular weight is 348 g/mol. The highest BCUT2D eigenvalue weighted by molar-refractivity contribution is 5.85. The van der Waals surface area contributed by atoms with Gasteiger partial charge in [0.1, 0.15) is 5.75 Å². The van der Waals surface area contributed by atoms with E-state index in [4.69, 9.17) is 10.5 Å². The van der Waals surface area contributed by atoms with Crippen molar-refractivity contribution in [2.24, 2.45) is 5.73 Å². The van der Waals surface area contributed by atoms with Crippen LogP contribution in [-0.2, 0) is 0 Å². The summed E-state index contributed by atoms with van der Waals surface area (Å²) in [5.74, 6) is 1.36. The Labute approximate surface area is 144 Å². The zero-order chi connectivity index (χ0) is 15.8. The zero-order valence-corrected chi connectivity index (χ0v) is 13.9. The molecule has 0 unspecified atom stereocenters. The highest BCUT2D eigenvalue weighted by Crippen LogP contribution is 2.22. The number of hydrogen-bond donors (Lipinski definition) is 2. The number of nitrogens with two attached hydrogens (primary N) is 1. The number of anilines is 1. The molecule has 0 amide bonds. The third-order valence-corrected chi connectivity index (χ3v) is 4.02. The number of nitrogens with one attached hydrogen (secondary N) is 1. The fourth-order valence-electron chi connectivity index (χ4n) is 2.66. The van der Waals surface area contributed by atoms with Crippen molar-refractivity contribution in [3.63, 3.8) is 0 Å². The van der Waals surface area contributed by atoms with Crippen molar-refractivity contribution >= 4 is 29.5 Å². The second-order valence-electron chi connectivity index (χ2n) is 5.67.